The molecule has 0 bridgehead atoms. The van der Waals surface area contributed by atoms with Gasteiger partial charge in [0.25, 0.3) is 0 Å². The first kappa shape index (κ1) is 14.6. The first-order chi connectivity index (χ1) is 8.97. The van der Waals surface area contributed by atoms with Crippen molar-refractivity contribution in [3.8, 4) is 0 Å². The van der Waals surface area contributed by atoms with E-state index in [1.54, 1.807) is 0 Å². The Morgan fingerprint density at radius 1 is 1.42 bits per heavy atom. The Morgan fingerprint density at radius 3 is 2.68 bits per heavy atom. The molecule has 0 aromatic carbocycles. The number of nitrogens with zero attached hydrogens (tertiary/aromatic N) is 2. The molecule has 2 aromatic heterocycles. The van der Waals surface area contributed by atoms with Crippen molar-refractivity contribution in [2.24, 2.45) is 7.05 Å². The summed E-state index contributed by atoms with van der Waals surface area (Å²) in [6, 6.07) is 3.86. The highest BCUT2D eigenvalue weighted by atomic mass is 35.5. The number of halogens is 1. The molecule has 0 spiro atoms. The smallest absolute Gasteiger partial charge is 0.0931 e. The van der Waals surface area contributed by atoms with Gasteiger partial charge in [0.1, 0.15) is 0 Å². The van der Waals surface area contributed by atoms with Crippen molar-refractivity contribution >= 4 is 22.9 Å². The molecule has 0 saturated heterocycles. The van der Waals surface area contributed by atoms with Crippen LogP contribution in [0.4, 0.5) is 0 Å². The van der Waals surface area contributed by atoms with Crippen LogP contribution in [0.1, 0.15) is 28.2 Å². The Labute approximate surface area is 122 Å². The van der Waals surface area contributed by atoms with E-state index in [4.69, 9.17) is 11.6 Å². The first-order valence-corrected chi connectivity index (χ1v) is 7.58. The van der Waals surface area contributed by atoms with Crippen molar-refractivity contribution in [1.82, 2.24) is 9.78 Å². The van der Waals surface area contributed by atoms with Gasteiger partial charge in [0, 0.05) is 24.0 Å². The molecular weight excluding hydrogens is 280 g/mol. The number of aromatic nitrogens is 2. The van der Waals surface area contributed by atoms with Crippen LogP contribution in [0.2, 0.25) is 4.34 Å². The zero-order valence-electron chi connectivity index (χ0n) is 11.5. The van der Waals surface area contributed by atoms with Crippen LogP contribution >= 0.6 is 22.9 Å². The standard InChI is InChI=1S/C14H19ClN2OS/c1-9-13(10(2)17(3)16-9)6-4-11(18)8-12-5-7-14(15)19-12/h5,7,11,18H,4,6,8H2,1-3H3. The van der Waals surface area contributed by atoms with Crippen molar-refractivity contribution in [3.63, 3.8) is 0 Å². The molecule has 0 aliphatic rings. The van der Waals surface area contributed by atoms with Gasteiger partial charge in [-0.25, -0.2) is 0 Å². The van der Waals surface area contributed by atoms with E-state index in [1.807, 2.05) is 30.8 Å². The third-order valence-corrected chi connectivity index (χ3v) is 4.71. The maximum Gasteiger partial charge on any atom is 0.0931 e. The monoisotopic (exact) mass is 298 g/mol. The summed E-state index contributed by atoms with van der Waals surface area (Å²) in [5.74, 6) is 0. The van der Waals surface area contributed by atoms with Gasteiger partial charge >= 0.3 is 0 Å². The average molecular weight is 299 g/mol. The quantitative estimate of drug-likeness (QED) is 0.920. The van der Waals surface area contributed by atoms with E-state index in [1.165, 1.54) is 22.6 Å². The molecule has 1 unspecified atom stereocenters. The lowest BCUT2D eigenvalue weighted by Crippen LogP contribution is -2.11. The van der Waals surface area contributed by atoms with Crippen molar-refractivity contribution < 1.29 is 5.11 Å². The Hall–Kier alpha value is -0.840. The molecule has 0 radical (unpaired) electrons. The molecule has 0 aliphatic carbocycles. The second kappa shape index (κ2) is 6.07. The zero-order chi connectivity index (χ0) is 14.0. The number of rotatable bonds is 5. The van der Waals surface area contributed by atoms with Crippen LogP contribution in [0, 0.1) is 13.8 Å². The van der Waals surface area contributed by atoms with Gasteiger partial charge in [-0.15, -0.1) is 11.3 Å². The largest absolute Gasteiger partial charge is 0.393 e. The third-order valence-electron chi connectivity index (χ3n) is 3.45. The van der Waals surface area contributed by atoms with E-state index in [0.717, 1.165) is 27.7 Å². The van der Waals surface area contributed by atoms with Gasteiger partial charge in [0.05, 0.1) is 16.1 Å². The molecule has 0 amide bonds. The van der Waals surface area contributed by atoms with E-state index >= 15 is 0 Å². The molecule has 2 heterocycles. The van der Waals surface area contributed by atoms with Gasteiger partial charge in [-0.2, -0.15) is 5.10 Å². The summed E-state index contributed by atoms with van der Waals surface area (Å²) >= 11 is 7.42. The van der Waals surface area contributed by atoms with Gasteiger partial charge in [0.2, 0.25) is 0 Å². The van der Waals surface area contributed by atoms with Gasteiger partial charge < -0.3 is 5.11 Å². The Balaban J connectivity index is 1.91. The molecule has 104 valence electrons. The molecule has 0 saturated carbocycles. The van der Waals surface area contributed by atoms with Crippen LogP contribution in [0.15, 0.2) is 12.1 Å². The molecule has 1 atom stereocenters. The van der Waals surface area contributed by atoms with Crippen LogP contribution in [-0.2, 0) is 19.9 Å². The minimum absolute atomic E-state index is 0.325. The molecule has 2 aromatic rings. The van der Waals surface area contributed by atoms with Crippen LogP contribution in [0.3, 0.4) is 0 Å². The van der Waals surface area contributed by atoms with Crippen LogP contribution < -0.4 is 0 Å². The van der Waals surface area contributed by atoms with Crippen molar-refractivity contribution in [2.45, 2.75) is 39.2 Å². The topological polar surface area (TPSA) is 38.0 Å². The Bertz CT molecular complexity index is 562. The molecule has 19 heavy (non-hydrogen) atoms. The SMILES string of the molecule is Cc1nn(C)c(C)c1CCC(O)Cc1ccc(Cl)s1. The highest BCUT2D eigenvalue weighted by Gasteiger charge is 2.13. The van der Waals surface area contributed by atoms with Crippen LogP contribution in [0.25, 0.3) is 0 Å². The summed E-state index contributed by atoms with van der Waals surface area (Å²) < 4.78 is 2.68. The molecule has 0 fully saturated rings. The van der Waals surface area contributed by atoms with E-state index in [-0.39, 0.29) is 6.10 Å². The van der Waals surface area contributed by atoms with Gasteiger partial charge in [-0.05, 0) is 44.4 Å². The lowest BCUT2D eigenvalue weighted by atomic mass is 10.0. The molecule has 0 aliphatic heterocycles. The fourth-order valence-corrected chi connectivity index (χ4v) is 3.44. The molecule has 2 rings (SSSR count). The molecule has 5 heteroatoms. The number of aliphatic hydroxyl groups is 1. The lowest BCUT2D eigenvalue weighted by Gasteiger charge is -2.09. The predicted molar refractivity (Wildman–Crippen MR) is 80.0 cm³/mol. The normalized spacial score (nSPS) is 12.9. The second-order valence-corrected chi connectivity index (χ2v) is 6.68. The van der Waals surface area contributed by atoms with Gasteiger partial charge in [0.15, 0.2) is 0 Å². The number of aryl methyl sites for hydroxylation is 2. The second-order valence-electron chi connectivity index (χ2n) is 4.88. The minimum Gasteiger partial charge on any atom is -0.393 e. The van der Waals surface area contributed by atoms with Crippen LogP contribution in [0.5, 0.6) is 0 Å². The number of hydrogen-bond acceptors (Lipinski definition) is 3. The maximum atomic E-state index is 10.1. The van der Waals surface area contributed by atoms with E-state index in [9.17, 15) is 5.11 Å². The first-order valence-electron chi connectivity index (χ1n) is 6.38. The average Bonchev–Trinajstić information content (AvgIpc) is 2.83. The summed E-state index contributed by atoms with van der Waals surface area (Å²) in [7, 11) is 1.95. The van der Waals surface area contributed by atoms with Crippen molar-refractivity contribution in [3.05, 3.63) is 38.3 Å². The highest BCUT2D eigenvalue weighted by Crippen LogP contribution is 2.23. The molecular formula is C14H19ClN2OS. The summed E-state index contributed by atoms with van der Waals surface area (Å²) in [5.41, 5.74) is 3.50. The van der Waals surface area contributed by atoms with E-state index in [0.29, 0.717) is 6.42 Å². The zero-order valence-corrected chi connectivity index (χ0v) is 13.1. The number of hydrogen-bond donors (Lipinski definition) is 1. The van der Waals surface area contributed by atoms with Crippen molar-refractivity contribution in [1.29, 1.82) is 0 Å². The summed E-state index contributed by atoms with van der Waals surface area (Å²) in [4.78, 5) is 1.14. The summed E-state index contributed by atoms with van der Waals surface area (Å²) in [5, 5.41) is 14.5. The maximum absolute atomic E-state index is 10.1. The molecule has 3 nitrogen and oxygen atoms in total. The number of aliphatic hydroxyl groups excluding tert-OH is 1. The Kier molecular flexibility index (Phi) is 4.66. The number of thiophene rings is 1. The summed E-state index contributed by atoms with van der Waals surface area (Å²) in [6.45, 7) is 4.09. The van der Waals surface area contributed by atoms with Crippen LogP contribution in [-0.4, -0.2) is 21.0 Å². The Morgan fingerprint density at radius 2 is 2.16 bits per heavy atom. The summed E-state index contributed by atoms with van der Waals surface area (Å²) in [6.07, 6.45) is 1.97. The highest BCUT2D eigenvalue weighted by molar-refractivity contribution is 7.16. The van der Waals surface area contributed by atoms with E-state index in [2.05, 4.69) is 12.0 Å². The molecule has 1 N–H and O–H groups in total. The fraction of sp³-hybridized carbons (Fsp3) is 0.500. The van der Waals surface area contributed by atoms with Gasteiger partial charge in [-0.3, -0.25) is 4.68 Å². The fourth-order valence-electron chi connectivity index (χ4n) is 2.29. The van der Waals surface area contributed by atoms with Gasteiger partial charge in [-0.1, -0.05) is 11.6 Å². The third kappa shape index (κ3) is 3.59. The predicted octanol–water partition coefficient (Wildman–Crippen LogP) is 3.29. The lowest BCUT2D eigenvalue weighted by molar-refractivity contribution is 0.166. The van der Waals surface area contributed by atoms with E-state index < -0.39 is 0 Å². The minimum atomic E-state index is -0.325. The van der Waals surface area contributed by atoms with Crippen molar-refractivity contribution in [2.75, 3.05) is 0 Å².